The molecule has 17 heavy (non-hydrogen) atoms. The van der Waals surface area contributed by atoms with Gasteiger partial charge in [-0.2, -0.15) is 5.26 Å². The largest absolute Gasteiger partial charge is 0.385 e. The zero-order valence-electron chi connectivity index (χ0n) is 11.3. The highest BCUT2D eigenvalue weighted by atomic mass is 16.5. The summed E-state index contributed by atoms with van der Waals surface area (Å²) >= 11 is 0. The molecular formula is C13H25N3O. The standard InChI is InChI=1S/C13H25N3O/c1-13(11-14,15-12-5-6-12)7-9-16(2)8-4-10-17-3/h12,15H,4-10H2,1-3H3. The summed E-state index contributed by atoms with van der Waals surface area (Å²) in [4.78, 5) is 2.27. The SMILES string of the molecule is COCCCN(C)CCC(C)(C#N)NC1CC1. The summed E-state index contributed by atoms with van der Waals surface area (Å²) in [6.45, 7) is 4.79. The van der Waals surface area contributed by atoms with Crippen LogP contribution in [-0.4, -0.2) is 50.3 Å². The molecule has 0 spiro atoms. The quantitative estimate of drug-likeness (QED) is 0.618. The average molecular weight is 239 g/mol. The van der Waals surface area contributed by atoms with Crippen molar-refractivity contribution in [2.75, 3.05) is 33.9 Å². The topological polar surface area (TPSA) is 48.3 Å². The van der Waals surface area contributed by atoms with E-state index in [1.54, 1.807) is 7.11 Å². The van der Waals surface area contributed by atoms with Gasteiger partial charge in [0, 0.05) is 32.8 Å². The fraction of sp³-hybridized carbons (Fsp3) is 0.923. The Morgan fingerprint density at radius 2 is 2.18 bits per heavy atom. The summed E-state index contributed by atoms with van der Waals surface area (Å²) in [5.74, 6) is 0. The summed E-state index contributed by atoms with van der Waals surface area (Å²) in [6.07, 6.45) is 4.37. The van der Waals surface area contributed by atoms with Gasteiger partial charge in [-0.15, -0.1) is 0 Å². The molecule has 0 aromatic heterocycles. The average Bonchev–Trinajstić information content (AvgIpc) is 3.11. The summed E-state index contributed by atoms with van der Waals surface area (Å²) in [7, 11) is 3.83. The van der Waals surface area contributed by atoms with Crippen molar-refractivity contribution in [3.05, 3.63) is 0 Å². The van der Waals surface area contributed by atoms with Crippen LogP contribution >= 0.6 is 0 Å². The van der Waals surface area contributed by atoms with E-state index in [0.717, 1.165) is 32.5 Å². The predicted molar refractivity (Wildman–Crippen MR) is 68.8 cm³/mol. The Morgan fingerprint density at radius 1 is 1.47 bits per heavy atom. The Labute approximate surface area is 105 Å². The third kappa shape index (κ3) is 6.02. The minimum atomic E-state index is -0.364. The number of rotatable bonds is 9. The smallest absolute Gasteiger partial charge is 0.105 e. The maximum atomic E-state index is 9.24. The molecule has 1 fully saturated rings. The normalized spacial score (nSPS) is 19.0. The summed E-state index contributed by atoms with van der Waals surface area (Å²) in [5, 5.41) is 12.7. The number of hydrogen-bond donors (Lipinski definition) is 1. The number of nitrogens with one attached hydrogen (secondary N) is 1. The third-order valence-electron chi connectivity index (χ3n) is 3.23. The van der Waals surface area contributed by atoms with E-state index in [9.17, 15) is 5.26 Å². The second-order valence-electron chi connectivity index (χ2n) is 5.26. The van der Waals surface area contributed by atoms with Gasteiger partial charge in [-0.25, -0.2) is 0 Å². The van der Waals surface area contributed by atoms with Crippen LogP contribution in [-0.2, 0) is 4.74 Å². The molecular weight excluding hydrogens is 214 g/mol. The fourth-order valence-electron chi connectivity index (χ4n) is 1.84. The lowest BCUT2D eigenvalue weighted by Gasteiger charge is -2.26. The van der Waals surface area contributed by atoms with Gasteiger partial charge in [0.1, 0.15) is 5.54 Å². The van der Waals surface area contributed by atoms with Crippen molar-refractivity contribution >= 4 is 0 Å². The first-order valence-corrected chi connectivity index (χ1v) is 6.46. The van der Waals surface area contributed by atoms with Crippen molar-refractivity contribution < 1.29 is 4.74 Å². The molecule has 1 saturated carbocycles. The minimum Gasteiger partial charge on any atom is -0.385 e. The van der Waals surface area contributed by atoms with E-state index in [0.29, 0.717) is 6.04 Å². The highest BCUT2D eigenvalue weighted by Crippen LogP contribution is 2.23. The van der Waals surface area contributed by atoms with Gasteiger partial charge in [-0.1, -0.05) is 0 Å². The molecule has 1 rings (SSSR count). The molecule has 1 N–H and O–H groups in total. The first kappa shape index (κ1) is 14.4. The Hall–Kier alpha value is -0.630. The Morgan fingerprint density at radius 3 is 2.71 bits per heavy atom. The van der Waals surface area contributed by atoms with Crippen molar-refractivity contribution in [3.8, 4) is 6.07 Å². The number of methoxy groups -OCH3 is 1. The molecule has 1 atom stereocenters. The van der Waals surface area contributed by atoms with E-state index in [1.807, 2.05) is 6.92 Å². The number of nitrogens with zero attached hydrogens (tertiary/aromatic N) is 2. The summed E-state index contributed by atoms with van der Waals surface area (Å²) < 4.78 is 5.03. The maximum absolute atomic E-state index is 9.24. The third-order valence-corrected chi connectivity index (χ3v) is 3.23. The van der Waals surface area contributed by atoms with E-state index < -0.39 is 0 Å². The summed E-state index contributed by atoms with van der Waals surface area (Å²) in [5.41, 5.74) is -0.364. The zero-order valence-corrected chi connectivity index (χ0v) is 11.3. The van der Waals surface area contributed by atoms with Gasteiger partial charge in [0.05, 0.1) is 6.07 Å². The lowest BCUT2D eigenvalue weighted by molar-refractivity contribution is 0.177. The molecule has 4 nitrogen and oxygen atoms in total. The number of nitriles is 1. The van der Waals surface area contributed by atoms with Gasteiger partial charge in [0.2, 0.25) is 0 Å². The monoisotopic (exact) mass is 239 g/mol. The molecule has 0 bridgehead atoms. The second-order valence-corrected chi connectivity index (χ2v) is 5.26. The molecule has 0 aliphatic heterocycles. The molecule has 0 saturated heterocycles. The molecule has 0 amide bonds. The zero-order chi connectivity index (χ0) is 12.7. The van der Waals surface area contributed by atoms with Gasteiger partial charge in [-0.05, 0) is 39.7 Å². The Kier molecular flexibility index (Phi) is 5.90. The minimum absolute atomic E-state index is 0.364. The van der Waals surface area contributed by atoms with E-state index >= 15 is 0 Å². The highest BCUT2D eigenvalue weighted by Gasteiger charge is 2.32. The lowest BCUT2D eigenvalue weighted by Crippen LogP contribution is -2.44. The van der Waals surface area contributed by atoms with Gasteiger partial charge in [0.25, 0.3) is 0 Å². The highest BCUT2D eigenvalue weighted by molar-refractivity contribution is 5.07. The van der Waals surface area contributed by atoms with Crippen LogP contribution in [0.15, 0.2) is 0 Å². The van der Waals surface area contributed by atoms with E-state index in [4.69, 9.17) is 4.74 Å². The van der Waals surface area contributed by atoms with Crippen LogP contribution in [0.2, 0.25) is 0 Å². The molecule has 1 unspecified atom stereocenters. The van der Waals surface area contributed by atoms with Gasteiger partial charge >= 0.3 is 0 Å². The molecule has 1 aliphatic rings. The molecule has 1 aliphatic carbocycles. The van der Waals surface area contributed by atoms with Crippen molar-refractivity contribution in [3.63, 3.8) is 0 Å². The summed E-state index contributed by atoms with van der Waals surface area (Å²) in [6, 6.07) is 2.99. The van der Waals surface area contributed by atoms with Gasteiger partial charge < -0.3 is 9.64 Å². The predicted octanol–water partition coefficient (Wildman–Crippen LogP) is 1.38. The Balaban J connectivity index is 2.19. The molecule has 98 valence electrons. The van der Waals surface area contributed by atoms with Crippen molar-refractivity contribution in [1.82, 2.24) is 10.2 Å². The van der Waals surface area contributed by atoms with E-state index in [2.05, 4.69) is 23.3 Å². The fourth-order valence-corrected chi connectivity index (χ4v) is 1.84. The second kappa shape index (κ2) is 6.95. The first-order chi connectivity index (χ1) is 8.09. The molecule has 0 aromatic rings. The molecule has 4 heteroatoms. The molecule has 0 heterocycles. The number of ether oxygens (including phenoxy) is 1. The van der Waals surface area contributed by atoms with E-state index in [-0.39, 0.29) is 5.54 Å². The van der Waals surface area contributed by atoms with Crippen LogP contribution in [0.25, 0.3) is 0 Å². The van der Waals surface area contributed by atoms with Crippen LogP contribution < -0.4 is 5.32 Å². The van der Waals surface area contributed by atoms with E-state index in [1.165, 1.54) is 12.8 Å². The van der Waals surface area contributed by atoms with Gasteiger partial charge in [-0.3, -0.25) is 5.32 Å². The maximum Gasteiger partial charge on any atom is 0.105 e. The first-order valence-electron chi connectivity index (χ1n) is 6.46. The van der Waals surface area contributed by atoms with Crippen LogP contribution in [0.1, 0.15) is 32.6 Å². The number of hydrogen-bond acceptors (Lipinski definition) is 4. The van der Waals surface area contributed by atoms with Crippen LogP contribution in [0.5, 0.6) is 0 Å². The van der Waals surface area contributed by atoms with Crippen molar-refractivity contribution in [2.45, 2.75) is 44.2 Å². The van der Waals surface area contributed by atoms with Crippen LogP contribution in [0.3, 0.4) is 0 Å². The molecule has 0 radical (unpaired) electrons. The van der Waals surface area contributed by atoms with Crippen molar-refractivity contribution in [2.24, 2.45) is 0 Å². The Bertz CT molecular complexity index is 260. The van der Waals surface area contributed by atoms with Crippen LogP contribution in [0.4, 0.5) is 0 Å². The van der Waals surface area contributed by atoms with Gasteiger partial charge in [0.15, 0.2) is 0 Å². The van der Waals surface area contributed by atoms with Crippen molar-refractivity contribution in [1.29, 1.82) is 5.26 Å². The van der Waals surface area contributed by atoms with Crippen LogP contribution in [0, 0.1) is 11.3 Å². The lowest BCUT2D eigenvalue weighted by atomic mass is 9.99. The molecule has 0 aromatic carbocycles.